The maximum Gasteiger partial charge on any atom is 0.416 e. The van der Waals surface area contributed by atoms with Crippen LogP contribution < -0.4 is 15.3 Å². The zero-order valence-electron chi connectivity index (χ0n) is 23.5. The van der Waals surface area contributed by atoms with Crippen molar-refractivity contribution in [3.63, 3.8) is 0 Å². The van der Waals surface area contributed by atoms with Crippen molar-refractivity contribution in [1.82, 2.24) is 14.0 Å². The second kappa shape index (κ2) is 11.5. The summed E-state index contributed by atoms with van der Waals surface area (Å²) in [5.74, 6) is 0.117. The Balaban J connectivity index is 1.37. The molecule has 0 spiro atoms. The fourth-order valence-corrected chi connectivity index (χ4v) is 6.63. The summed E-state index contributed by atoms with van der Waals surface area (Å²) in [6.45, 7) is 3.35. The number of halogens is 4. The summed E-state index contributed by atoms with van der Waals surface area (Å²) >= 11 is 0. The molecule has 2 saturated heterocycles. The molecule has 10 heteroatoms. The highest BCUT2D eigenvalue weighted by Crippen LogP contribution is 2.36. The fraction of sp³-hybridized carbons (Fsp3) is 0.406. The summed E-state index contributed by atoms with van der Waals surface area (Å²) in [6.07, 6.45) is -0.469. The van der Waals surface area contributed by atoms with Crippen molar-refractivity contribution < 1.29 is 22.3 Å². The maximum absolute atomic E-state index is 15.4. The van der Waals surface area contributed by atoms with Crippen LogP contribution in [0.5, 0.6) is 5.75 Å². The van der Waals surface area contributed by atoms with Gasteiger partial charge < -0.3 is 9.64 Å². The Morgan fingerprint density at radius 1 is 0.881 bits per heavy atom. The van der Waals surface area contributed by atoms with Gasteiger partial charge in [-0.15, -0.1) is 0 Å². The Morgan fingerprint density at radius 3 is 2.38 bits per heavy atom. The topological polar surface area (TPSA) is 42.6 Å². The molecular weight excluding hydrogens is 548 g/mol. The molecule has 1 atom stereocenters. The summed E-state index contributed by atoms with van der Waals surface area (Å²) in [5, 5.41) is 0. The third kappa shape index (κ3) is 5.28. The van der Waals surface area contributed by atoms with Gasteiger partial charge in [-0.25, -0.2) is 9.18 Å². The lowest BCUT2D eigenvalue weighted by Crippen LogP contribution is -2.32. The Bertz CT molecular complexity index is 1640. The van der Waals surface area contributed by atoms with Gasteiger partial charge in [-0.2, -0.15) is 13.2 Å². The first-order chi connectivity index (χ1) is 20.3. The van der Waals surface area contributed by atoms with E-state index >= 15 is 4.39 Å². The largest absolute Gasteiger partial charge is 0.494 e. The highest BCUT2D eigenvalue weighted by Gasteiger charge is 2.35. The van der Waals surface area contributed by atoms with E-state index in [9.17, 15) is 18.0 Å². The number of rotatable bonds is 7. The van der Waals surface area contributed by atoms with E-state index in [1.807, 2.05) is 11.0 Å². The second-order valence-electron chi connectivity index (χ2n) is 11.2. The van der Waals surface area contributed by atoms with Gasteiger partial charge in [0.05, 0.1) is 36.5 Å². The molecule has 0 N–H and O–H groups in total. The molecule has 6 rings (SSSR count). The number of benzene rings is 3. The lowest BCUT2D eigenvalue weighted by Gasteiger charge is -2.29. The number of nitrogens with zero attached hydrogens (tertiary/aromatic N) is 4. The van der Waals surface area contributed by atoms with Crippen molar-refractivity contribution >= 4 is 16.7 Å². The Morgan fingerprint density at radius 2 is 1.62 bits per heavy atom. The first kappa shape index (κ1) is 28.3. The number of para-hydroxylation sites is 2. The van der Waals surface area contributed by atoms with E-state index in [0.29, 0.717) is 48.5 Å². The zero-order valence-corrected chi connectivity index (χ0v) is 23.5. The SMILES string of the molecule is COc1cccc2c1n(Cc1ccccc1C(F)(F)F)c(=O)n2[C@@H]1CCN(c2c(F)cccc2CN2CCCCC2)C1. The van der Waals surface area contributed by atoms with E-state index in [1.165, 1.54) is 42.4 Å². The number of hydrogen-bond donors (Lipinski definition) is 0. The third-order valence-corrected chi connectivity index (χ3v) is 8.57. The molecule has 6 nitrogen and oxygen atoms in total. The van der Waals surface area contributed by atoms with Gasteiger partial charge in [0.25, 0.3) is 0 Å². The van der Waals surface area contributed by atoms with Crippen LogP contribution in [0.1, 0.15) is 48.4 Å². The number of methoxy groups -OCH3 is 1. The van der Waals surface area contributed by atoms with E-state index in [0.717, 1.165) is 37.6 Å². The van der Waals surface area contributed by atoms with Crippen LogP contribution in [0.25, 0.3) is 11.0 Å². The Labute approximate surface area is 241 Å². The quantitative estimate of drug-likeness (QED) is 0.235. The number of alkyl halides is 3. The van der Waals surface area contributed by atoms with Gasteiger partial charge in [-0.1, -0.05) is 42.8 Å². The number of hydrogen-bond acceptors (Lipinski definition) is 4. The predicted molar refractivity (Wildman–Crippen MR) is 155 cm³/mol. The van der Waals surface area contributed by atoms with Crippen LogP contribution >= 0.6 is 0 Å². The Hall–Kier alpha value is -3.79. The predicted octanol–water partition coefficient (Wildman–Crippen LogP) is 6.46. The van der Waals surface area contributed by atoms with Crippen LogP contribution in [0.4, 0.5) is 23.2 Å². The van der Waals surface area contributed by atoms with Crippen molar-refractivity contribution in [3.05, 3.63) is 93.7 Å². The molecule has 42 heavy (non-hydrogen) atoms. The minimum absolute atomic E-state index is 0.00110. The van der Waals surface area contributed by atoms with E-state index in [2.05, 4.69) is 4.90 Å². The average molecular weight is 583 g/mol. The van der Waals surface area contributed by atoms with E-state index in [-0.39, 0.29) is 24.0 Å². The molecule has 0 aliphatic carbocycles. The molecule has 2 aliphatic heterocycles. The first-order valence-corrected chi connectivity index (χ1v) is 14.4. The van der Waals surface area contributed by atoms with Crippen molar-refractivity contribution in [2.24, 2.45) is 0 Å². The molecule has 1 aromatic heterocycles. The monoisotopic (exact) mass is 582 g/mol. The number of piperidine rings is 1. The summed E-state index contributed by atoms with van der Waals surface area (Å²) < 4.78 is 65.4. The van der Waals surface area contributed by atoms with Crippen molar-refractivity contribution in [2.75, 3.05) is 38.2 Å². The van der Waals surface area contributed by atoms with Gasteiger partial charge in [-0.3, -0.25) is 14.0 Å². The number of fused-ring (bicyclic) bond motifs is 1. The van der Waals surface area contributed by atoms with Crippen LogP contribution in [0, 0.1) is 5.82 Å². The van der Waals surface area contributed by atoms with Crippen LogP contribution in [0.2, 0.25) is 0 Å². The molecule has 0 bridgehead atoms. The molecular formula is C32H34F4N4O2. The van der Waals surface area contributed by atoms with E-state index in [1.54, 1.807) is 28.8 Å². The third-order valence-electron chi connectivity index (χ3n) is 8.57. The smallest absolute Gasteiger partial charge is 0.416 e. The number of aromatic nitrogens is 2. The van der Waals surface area contributed by atoms with Crippen LogP contribution in [-0.2, 0) is 19.3 Å². The number of anilines is 1. The second-order valence-corrected chi connectivity index (χ2v) is 11.2. The van der Waals surface area contributed by atoms with Crippen molar-refractivity contribution in [2.45, 2.75) is 51.0 Å². The number of imidazole rings is 1. The summed E-state index contributed by atoms with van der Waals surface area (Å²) in [6, 6.07) is 15.5. The molecule has 222 valence electrons. The minimum atomic E-state index is -4.56. The van der Waals surface area contributed by atoms with Crippen molar-refractivity contribution in [1.29, 1.82) is 0 Å². The lowest BCUT2D eigenvalue weighted by molar-refractivity contribution is -0.138. The van der Waals surface area contributed by atoms with Crippen LogP contribution in [0.3, 0.4) is 0 Å². The highest BCUT2D eigenvalue weighted by atomic mass is 19.4. The molecule has 0 radical (unpaired) electrons. The standard InChI is InChI=1S/C32H34F4N4O2/c1-42-28-14-8-13-27-30(28)39(20-22-9-3-4-11-25(22)32(34,35)36)31(41)40(27)24-15-18-38(21-24)29-23(10-7-12-26(29)33)19-37-16-5-2-6-17-37/h3-4,7-14,24H,2,5-6,15-21H2,1H3/t24-/m1/s1. The van der Waals surface area contributed by atoms with Crippen LogP contribution in [-0.4, -0.2) is 47.3 Å². The summed E-state index contributed by atoms with van der Waals surface area (Å²) in [7, 11) is 1.48. The molecule has 2 aliphatic rings. The lowest BCUT2D eigenvalue weighted by atomic mass is 10.1. The molecule has 0 amide bonds. The minimum Gasteiger partial charge on any atom is -0.494 e. The number of likely N-dealkylation sites (tertiary alicyclic amines) is 1. The fourth-order valence-electron chi connectivity index (χ4n) is 6.63. The van der Waals surface area contributed by atoms with Gasteiger partial charge >= 0.3 is 11.9 Å². The van der Waals surface area contributed by atoms with Gasteiger partial charge in [-0.05, 0) is 67.7 Å². The van der Waals surface area contributed by atoms with Gasteiger partial charge in [0.1, 0.15) is 17.1 Å². The number of ether oxygens (including phenoxy) is 1. The Kier molecular flexibility index (Phi) is 7.74. The zero-order chi connectivity index (χ0) is 29.4. The van der Waals surface area contributed by atoms with Gasteiger partial charge in [0.15, 0.2) is 0 Å². The van der Waals surface area contributed by atoms with Gasteiger partial charge in [0.2, 0.25) is 0 Å². The maximum atomic E-state index is 15.4. The molecule has 3 aromatic carbocycles. The normalized spacial score (nSPS) is 18.2. The molecule has 2 fully saturated rings. The summed E-state index contributed by atoms with van der Waals surface area (Å²) in [4.78, 5) is 18.4. The average Bonchev–Trinajstić information content (AvgIpc) is 3.55. The van der Waals surface area contributed by atoms with Crippen molar-refractivity contribution in [3.8, 4) is 5.75 Å². The molecule has 3 heterocycles. The highest BCUT2D eigenvalue weighted by molar-refractivity contribution is 5.83. The summed E-state index contributed by atoms with van der Waals surface area (Å²) in [5.41, 5.74) is 1.33. The first-order valence-electron chi connectivity index (χ1n) is 14.4. The molecule has 0 unspecified atom stereocenters. The van der Waals surface area contributed by atoms with E-state index in [4.69, 9.17) is 4.74 Å². The van der Waals surface area contributed by atoms with Gasteiger partial charge in [0, 0.05) is 19.6 Å². The van der Waals surface area contributed by atoms with E-state index < -0.39 is 17.4 Å². The molecule has 0 saturated carbocycles. The molecule has 4 aromatic rings. The van der Waals surface area contributed by atoms with Crippen LogP contribution in [0.15, 0.2) is 65.5 Å².